The number of rotatable bonds is 5. The van der Waals surface area contributed by atoms with Gasteiger partial charge in [-0.15, -0.1) is 0 Å². The molecule has 0 radical (unpaired) electrons. The van der Waals surface area contributed by atoms with Crippen LogP contribution in [0.2, 0.25) is 10.0 Å². The summed E-state index contributed by atoms with van der Waals surface area (Å²) in [6.45, 7) is 9.34. The summed E-state index contributed by atoms with van der Waals surface area (Å²) in [6.07, 6.45) is 0. The fourth-order valence-electron chi connectivity index (χ4n) is 4.07. The Morgan fingerprint density at radius 1 is 1.06 bits per heavy atom. The number of carbonyl (C=O) groups excluding carboxylic acids is 1. The standard InChI is InChI=1S/C26H20Cl2N4O/c1-30-22-9-5-20(6-10-22)26(33)17-31-12-13-32(24-11-2-18(15-29)14-23(24)28)25(16-31)19-3-7-21(27)8-4-19/h2-11,14,25H,12-13,16-17H2/t25-/m0/s1. The number of carbonyl (C=O) groups is 1. The fraction of sp³-hybridized carbons (Fsp3) is 0.192. The second-order valence-corrected chi connectivity index (χ2v) is 8.70. The van der Waals surface area contributed by atoms with Crippen molar-refractivity contribution >= 4 is 40.4 Å². The molecule has 3 aromatic rings. The molecule has 5 nitrogen and oxygen atoms in total. The number of nitriles is 1. The maximum atomic E-state index is 12.9. The van der Waals surface area contributed by atoms with Crippen molar-refractivity contribution in [3.63, 3.8) is 0 Å². The molecule has 0 bridgehead atoms. The zero-order valence-electron chi connectivity index (χ0n) is 17.7. The number of piperazine rings is 1. The minimum atomic E-state index is -0.0428. The van der Waals surface area contributed by atoms with Crippen LogP contribution in [-0.4, -0.2) is 36.9 Å². The summed E-state index contributed by atoms with van der Waals surface area (Å²) in [5, 5.41) is 10.4. The van der Waals surface area contributed by atoms with E-state index in [1.165, 1.54) is 0 Å². The molecule has 1 fully saturated rings. The monoisotopic (exact) mass is 474 g/mol. The Morgan fingerprint density at radius 2 is 1.79 bits per heavy atom. The van der Waals surface area contributed by atoms with Gasteiger partial charge in [0.1, 0.15) is 0 Å². The molecule has 0 aliphatic carbocycles. The van der Waals surface area contributed by atoms with E-state index >= 15 is 0 Å². The van der Waals surface area contributed by atoms with Crippen LogP contribution >= 0.6 is 23.2 Å². The summed E-state index contributed by atoms with van der Waals surface area (Å²) < 4.78 is 0. The highest BCUT2D eigenvalue weighted by Crippen LogP contribution is 2.36. The third-order valence-electron chi connectivity index (χ3n) is 5.79. The van der Waals surface area contributed by atoms with Gasteiger partial charge in [0, 0.05) is 30.2 Å². The summed E-state index contributed by atoms with van der Waals surface area (Å²) in [5.41, 5.74) is 3.56. The van der Waals surface area contributed by atoms with Crippen LogP contribution in [0.15, 0.2) is 66.7 Å². The number of hydrogen-bond donors (Lipinski definition) is 0. The van der Waals surface area contributed by atoms with Crippen LogP contribution in [0.25, 0.3) is 4.85 Å². The Morgan fingerprint density at radius 3 is 2.42 bits per heavy atom. The van der Waals surface area contributed by atoms with E-state index in [1.54, 1.807) is 36.4 Å². The van der Waals surface area contributed by atoms with Gasteiger partial charge in [-0.3, -0.25) is 9.69 Å². The fourth-order valence-corrected chi connectivity index (χ4v) is 4.48. The largest absolute Gasteiger partial charge is 0.361 e. The van der Waals surface area contributed by atoms with E-state index in [0.717, 1.165) is 11.3 Å². The van der Waals surface area contributed by atoms with Crippen molar-refractivity contribution in [1.29, 1.82) is 5.26 Å². The minimum Gasteiger partial charge on any atom is -0.361 e. The lowest BCUT2D eigenvalue weighted by Crippen LogP contribution is -2.50. The summed E-state index contributed by atoms with van der Waals surface area (Å²) in [6, 6.07) is 21.9. The Bertz CT molecular complexity index is 1240. The van der Waals surface area contributed by atoms with E-state index in [-0.39, 0.29) is 18.4 Å². The molecule has 0 amide bonds. The van der Waals surface area contributed by atoms with Gasteiger partial charge in [-0.1, -0.05) is 59.6 Å². The van der Waals surface area contributed by atoms with E-state index in [0.29, 0.717) is 46.5 Å². The Kier molecular flexibility index (Phi) is 6.96. The summed E-state index contributed by atoms with van der Waals surface area (Å²) in [7, 11) is 0. The first-order chi connectivity index (χ1) is 16.0. The average Bonchev–Trinajstić information content (AvgIpc) is 2.84. The zero-order valence-corrected chi connectivity index (χ0v) is 19.2. The number of Topliss-reactive ketones (excluding diaryl/α,β-unsaturated/α-hetero) is 1. The molecule has 0 saturated carbocycles. The van der Waals surface area contributed by atoms with Crippen molar-refractivity contribution in [3.05, 3.63) is 105 Å². The summed E-state index contributed by atoms with van der Waals surface area (Å²) in [4.78, 5) is 20.6. The third kappa shape index (κ3) is 5.18. The van der Waals surface area contributed by atoms with E-state index < -0.39 is 0 Å². The lowest BCUT2D eigenvalue weighted by Gasteiger charge is -2.43. The predicted octanol–water partition coefficient (Wildman–Crippen LogP) is 6.16. The molecule has 1 saturated heterocycles. The second-order valence-electron chi connectivity index (χ2n) is 7.86. The van der Waals surface area contributed by atoms with Gasteiger partial charge in [0.05, 0.1) is 41.5 Å². The topological polar surface area (TPSA) is 51.7 Å². The zero-order chi connectivity index (χ0) is 23.4. The maximum absolute atomic E-state index is 12.9. The molecule has 1 aliphatic heterocycles. The molecule has 7 heteroatoms. The smallest absolute Gasteiger partial charge is 0.187 e. The highest BCUT2D eigenvalue weighted by atomic mass is 35.5. The maximum Gasteiger partial charge on any atom is 0.187 e. The molecular weight excluding hydrogens is 455 g/mol. The third-order valence-corrected chi connectivity index (χ3v) is 6.35. The number of ketones is 1. The van der Waals surface area contributed by atoms with Crippen LogP contribution in [0.1, 0.15) is 27.5 Å². The van der Waals surface area contributed by atoms with Gasteiger partial charge < -0.3 is 4.90 Å². The van der Waals surface area contributed by atoms with E-state index in [2.05, 4.69) is 20.7 Å². The number of hydrogen-bond acceptors (Lipinski definition) is 4. The molecule has 0 aromatic heterocycles. The van der Waals surface area contributed by atoms with Crippen molar-refractivity contribution in [2.75, 3.05) is 31.1 Å². The van der Waals surface area contributed by atoms with Crippen molar-refractivity contribution in [1.82, 2.24) is 4.90 Å². The Balaban J connectivity index is 1.58. The number of nitrogens with zero attached hydrogens (tertiary/aromatic N) is 4. The van der Waals surface area contributed by atoms with Crippen LogP contribution in [0.3, 0.4) is 0 Å². The molecule has 0 N–H and O–H groups in total. The molecular formula is C26H20Cl2N4O. The number of halogens is 2. The van der Waals surface area contributed by atoms with Gasteiger partial charge in [-0.05, 0) is 35.9 Å². The van der Waals surface area contributed by atoms with E-state index in [1.807, 2.05) is 30.3 Å². The molecule has 164 valence electrons. The van der Waals surface area contributed by atoms with Crippen LogP contribution in [0.4, 0.5) is 11.4 Å². The highest BCUT2D eigenvalue weighted by Gasteiger charge is 2.30. The molecule has 1 heterocycles. The molecule has 0 unspecified atom stereocenters. The SMILES string of the molecule is [C-]#[N+]c1ccc(C(=O)CN2CCN(c3ccc(C#N)cc3Cl)[C@H](c3ccc(Cl)cc3)C2)cc1. The van der Waals surface area contributed by atoms with Crippen LogP contribution < -0.4 is 4.90 Å². The molecule has 33 heavy (non-hydrogen) atoms. The lowest BCUT2D eigenvalue weighted by molar-refractivity contribution is 0.0914. The van der Waals surface area contributed by atoms with Crippen molar-refractivity contribution < 1.29 is 4.79 Å². The van der Waals surface area contributed by atoms with Gasteiger partial charge >= 0.3 is 0 Å². The molecule has 1 atom stereocenters. The van der Waals surface area contributed by atoms with Gasteiger partial charge in [0.15, 0.2) is 11.5 Å². The van der Waals surface area contributed by atoms with Gasteiger partial charge in [-0.2, -0.15) is 5.26 Å². The number of benzene rings is 3. The van der Waals surface area contributed by atoms with Crippen LogP contribution in [0.5, 0.6) is 0 Å². The summed E-state index contributed by atoms with van der Waals surface area (Å²) in [5.74, 6) is 0.0197. The van der Waals surface area contributed by atoms with Crippen LogP contribution in [-0.2, 0) is 0 Å². The summed E-state index contributed by atoms with van der Waals surface area (Å²) >= 11 is 12.7. The first-order valence-electron chi connectivity index (χ1n) is 10.4. The normalized spacial score (nSPS) is 16.1. The van der Waals surface area contributed by atoms with Crippen molar-refractivity contribution in [2.45, 2.75) is 6.04 Å². The first-order valence-corrected chi connectivity index (χ1v) is 11.2. The van der Waals surface area contributed by atoms with Gasteiger partial charge in [0.2, 0.25) is 0 Å². The quantitative estimate of drug-likeness (QED) is 0.328. The average molecular weight is 475 g/mol. The molecule has 3 aromatic carbocycles. The number of anilines is 1. The minimum absolute atomic E-state index is 0.0197. The van der Waals surface area contributed by atoms with Crippen molar-refractivity contribution in [2.24, 2.45) is 0 Å². The molecule has 4 rings (SSSR count). The van der Waals surface area contributed by atoms with E-state index in [9.17, 15) is 10.1 Å². The first kappa shape index (κ1) is 22.8. The molecule has 0 spiro atoms. The van der Waals surface area contributed by atoms with Gasteiger partial charge in [0.25, 0.3) is 0 Å². The van der Waals surface area contributed by atoms with Crippen molar-refractivity contribution in [3.8, 4) is 6.07 Å². The van der Waals surface area contributed by atoms with Gasteiger partial charge in [-0.25, -0.2) is 4.85 Å². The predicted molar refractivity (Wildman–Crippen MR) is 131 cm³/mol. The van der Waals surface area contributed by atoms with E-state index in [4.69, 9.17) is 29.8 Å². The Hall–Kier alpha value is -3.35. The van der Waals surface area contributed by atoms with Crippen LogP contribution in [0, 0.1) is 17.9 Å². The Labute approximate surface area is 203 Å². The highest BCUT2D eigenvalue weighted by molar-refractivity contribution is 6.33. The second kappa shape index (κ2) is 10.1. The lowest BCUT2D eigenvalue weighted by atomic mass is 10.00. The molecule has 1 aliphatic rings.